The molecule has 7 heteroatoms. The fraction of sp³-hybridized carbons (Fsp3) is 0.500. The smallest absolute Gasteiger partial charge is 0.317 e. The van der Waals surface area contributed by atoms with Crippen LogP contribution in [0.1, 0.15) is 23.2 Å². The third kappa shape index (κ3) is 2.81. The largest absolute Gasteiger partial charge is 0.338 e. The van der Waals surface area contributed by atoms with E-state index in [0.717, 1.165) is 19.4 Å². The zero-order chi connectivity index (χ0) is 14.8. The number of rotatable bonds is 2. The van der Waals surface area contributed by atoms with Crippen molar-refractivity contribution in [3.63, 3.8) is 0 Å². The van der Waals surface area contributed by atoms with E-state index in [1.807, 2.05) is 4.90 Å². The van der Waals surface area contributed by atoms with Gasteiger partial charge in [-0.2, -0.15) is 0 Å². The third-order valence-electron chi connectivity index (χ3n) is 4.07. The van der Waals surface area contributed by atoms with E-state index in [1.54, 1.807) is 23.2 Å². The summed E-state index contributed by atoms with van der Waals surface area (Å²) in [5.74, 6) is -0.0857. The van der Waals surface area contributed by atoms with Gasteiger partial charge in [0.2, 0.25) is 0 Å². The van der Waals surface area contributed by atoms with Crippen LogP contribution in [-0.4, -0.2) is 58.9 Å². The van der Waals surface area contributed by atoms with Crippen LogP contribution in [0.3, 0.4) is 0 Å². The Kier molecular flexibility index (Phi) is 3.96. The standard InChI is InChI=1S/C14H17ClN4O2/c15-12-11(2-1-5-16-12)13(20)18-7-3-10(4-8-18)19-9-6-17-14(19)21/h1-2,5,10H,3-4,6-9H2,(H,17,21). The van der Waals surface area contributed by atoms with Crippen LogP contribution in [0.5, 0.6) is 0 Å². The fourth-order valence-electron chi connectivity index (χ4n) is 2.93. The second kappa shape index (κ2) is 5.89. The van der Waals surface area contributed by atoms with Crippen molar-refractivity contribution in [1.29, 1.82) is 0 Å². The lowest BCUT2D eigenvalue weighted by Gasteiger charge is -2.36. The lowest BCUT2D eigenvalue weighted by molar-refractivity contribution is 0.0666. The van der Waals surface area contributed by atoms with Gasteiger partial charge in [0.25, 0.3) is 5.91 Å². The van der Waals surface area contributed by atoms with Crippen molar-refractivity contribution in [3.05, 3.63) is 29.0 Å². The maximum atomic E-state index is 12.4. The Balaban J connectivity index is 1.62. The molecule has 0 aliphatic carbocycles. The van der Waals surface area contributed by atoms with Crippen molar-refractivity contribution in [2.75, 3.05) is 26.2 Å². The number of piperidine rings is 1. The molecule has 0 unspecified atom stereocenters. The third-order valence-corrected chi connectivity index (χ3v) is 4.37. The molecule has 0 spiro atoms. The Morgan fingerprint density at radius 3 is 2.71 bits per heavy atom. The molecule has 0 atom stereocenters. The lowest BCUT2D eigenvalue weighted by Crippen LogP contribution is -2.47. The minimum Gasteiger partial charge on any atom is -0.338 e. The fourth-order valence-corrected chi connectivity index (χ4v) is 3.13. The Labute approximate surface area is 128 Å². The van der Waals surface area contributed by atoms with Crippen LogP contribution in [-0.2, 0) is 0 Å². The number of nitrogens with zero attached hydrogens (tertiary/aromatic N) is 3. The van der Waals surface area contributed by atoms with Crippen LogP contribution in [0.4, 0.5) is 4.79 Å². The number of amides is 3. The number of hydrogen-bond donors (Lipinski definition) is 1. The molecule has 1 aromatic heterocycles. The zero-order valence-electron chi connectivity index (χ0n) is 11.6. The minimum absolute atomic E-state index is 0.00933. The molecule has 6 nitrogen and oxygen atoms in total. The average Bonchev–Trinajstić information content (AvgIpc) is 2.93. The number of hydrogen-bond acceptors (Lipinski definition) is 3. The molecule has 3 amide bonds. The van der Waals surface area contributed by atoms with E-state index in [9.17, 15) is 9.59 Å². The Bertz CT molecular complexity index is 558. The van der Waals surface area contributed by atoms with Gasteiger partial charge in [-0.25, -0.2) is 9.78 Å². The number of carbonyl (C=O) groups is 2. The molecule has 2 saturated heterocycles. The van der Waals surface area contributed by atoms with E-state index in [1.165, 1.54) is 0 Å². The Morgan fingerprint density at radius 2 is 2.10 bits per heavy atom. The first-order valence-electron chi connectivity index (χ1n) is 7.11. The van der Waals surface area contributed by atoms with Gasteiger partial charge >= 0.3 is 6.03 Å². The van der Waals surface area contributed by atoms with Crippen LogP contribution in [0, 0.1) is 0 Å². The molecular weight excluding hydrogens is 292 g/mol. The van der Waals surface area contributed by atoms with Gasteiger partial charge in [-0.15, -0.1) is 0 Å². The molecule has 2 aliphatic rings. The molecule has 1 aromatic rings. The van der Waals surface area contributed by atoms with Crippen LogP contribution < -0.4 is 5.32 Å². The molecular formula is C14H17ClN4O2. The van der Waals surface area contributed by atoms with Crippen molar-refractivity contribution in [2.45, 2.75) is 18.9 Å². The number of pyridine rings is 1. The van der Waals surface area contributed by atoms with E-state index < -0.39 is 0 Å². The maximum absolute atomic E-state index is 12.4. The summed E-state index contributed by atoms with van der Waals surface area (Å²) in [4.78, 5) is 31.7. The normalized spacial score (nSPS) is 19.8. The summed E-state index contributed by atoms with van der Waals surface area (Å²) in [7, 11) is 0. The molecule has 0 aromatic carbocycles. The molecule has 0 bridgehead atoms. The molecule has 112 valence electrons. The maximum Gasteiger partial charge on any atom is 0.317 e. The van der Waals surface area contributed by atoms with Crippen LogP contribution in [0.15, 0.2) is 18.3 Å². The highest BCUT2D eigenvalue weighted by Gasteiger charge is 2.32. The van der Waals surface area contributed by atoms with Gasteiger partial charge in [-0.05, 0) is 25.0 Å². The molecule has 21 heavy (non-hydrogen) atoms. The van der Waals surface area contributed by atoms with E-state index in [0.29, 0.717) is 25.2 Å². The number of urea groups is 1. The lowest BCUT2D eigenvalue weighted by atomic mass is 10.0. The highest BCUT2D eigenvalue weighted by atomic mass is 35.5. The van der Waals surface area contributed by atoms with E-state index in [2.05, 4.69) is 10.3 Å². The Morgan fingerprint density at radius 1 is 1.33 bits per heavy atom. The molecule has 0 radical (unpaired) electrons. The molecule has 0 saturated carbocycles. The van der Waals surface area contributed by atoms with Crippen molar-refractivity contribution < 1.29 is 9.59 Å². The van der Waals surface area contributed by atoms with Crippen molar-refractivity contribution in [2.24, 2.45) is 0 Å². The topological polar surface area (TPSA) is 65.5 Å². The summed E-state index contributed by atoms with van der Waals surface area (Å²) in [6, 6.07) is 3.63. The van der Waals surface area contributed by atoms with Crippen molar-refractivity contribution in [1.82, 2.24) is 20.1 Å². The predicted molar refractivity (Wildman–Crippen MR) is 78.3 cm³/mol. The van der Waals surface area contributed by atoms with Crippen LogP contribution >= 0.6 is 11.6 Å². The van der Waals surface area contributed by atoms with Gasteiger partial charge < -0.3 is 15.1 Å². The quantitative estimate of drug-likeness (QED) is 0.839. The summed E-state index contributed by atoms with van der Waals surface area (Å²) < 4.78 is 0. The minimum atomic E-state index is -0.0857. The van der Waals surface area contributed by atoms with E-state index in [4.69, 9.17) is 11.6 Å². The predicted octanol–water partition coefficient (Wildman–Crippen LogP) is 1.36. The van der Waals surface area contributed by atoms with Crippen LogP contribution in [0.2, 0.25) is 5.15 Å². The first kappa shape index (κ1) is 14.1. The van der Waals surface area contributed by atoms with E-state index >= 15 is 0 Å². The van der Waals surface area contributed by atoms with Crippen molar-refractivity contribution >= 4 is 23.5 Å². The van der Waals surface area contributed by atoms with Crippen molar-refractivity contribution in [3.8, 4) is 0 Å². The summed E-state index contributed by atoms with van der Waals surface area (Å²) in [6.07, 6.45) is 3.17. The highest BCUT2D eigenvalue weighted by molar-refractivity contribution is 6.32. The van der Waals surface area contributed by atoms with Gasteiger partial charge in [0, 0.05) is 38.4 Å². The molecule has 2 aliphatic heterocycles. The van der Waals surface area contributed by atoms with Gasteiger partial charge in [0.1, 0.15) is 5.15 Å². The highest BCUT2D eigenvalue weighted by Crippen LogP contribution is 2.21. The number of carbonyl (C=O) groups excluding carboxylic acids is 2. The number of likely N-dealkylation sites (tertiary alicyclic amines) is 1. The van der Waals surface area contributed by atoms with Gasteiger partial charge in [-0.1, -0.05) is 11.6 Å². The van der Waals surface area contributed by atoms with Gasteiger partial charge in [0.05, 0.1) is 5.56 Å². The van der Waals surface area contributed by atoms with Gasteiger partial charge in [-0.3, -0.25) is 4.79 Å². The summed E-state index contributed by atoms with van der Waals surface area (Å²) >= 11 is 5.97. The molecule has 3 rings (SSSR count). The Hall–Kier alpha value is -1.82. The summed E-state index contributed by atoms with van der Waals surface area (Å²) in [5, 5.41) is 3.05. The van der Waals surface area contributed by atoms with E-state index in [-0.39, 0.29) is 23.1 Å². The first-order chi connectivity index (χ1) is 10.2. The van der Waals surface area contributed by atoms with Crippen LogP contribution in [0.25, 0.3) is 0 Å². The SMILES string of the molecule is O=C(c1cccnc1Cl)N1CCC(N2CCNC2=O)CC1. The number of nitrogens with one attached hydrogen (secondary N) is 1. The molecule has 2 fully saturated rings. The number of aromatic nitrogens is 1. The summed E-state index contributed by atoms with van der Waals surface area (Å²) in [5.41, 5.74) is 0.441. The molecule has 3 heterocycles. The molecule has 1 N–H and O–H groups in total. The zero-order valence-corrected chi connectivity index (χ0v) is 12.3. The second-order valence-corrected chi connectivity index (χ2v) is 5.65. The summed E-state index contributed by atoms with van der Waals surface area (Å²) in [6.45, 7) is 2.74. The van der Waals surface area contributed by atoms with Gasteiger partial charge in [0.15, 0.2) is 0 Å². The first-order valence-corrected chi connectivity index (χ1v) is 7.49. The average molecular weight is 309 g/mol. The number of halogens is 1. The monoisotopic (exact) mass is 308 g/mol. The second-order valence-electron chi connectivity index (χ2n) is 5.29.